The molecule has 0 radical (unpaired) electrons. The third-order valence-electron chi connectivity index (χ3n) is 6.82. The molecule has 0 fully saturated rings. The highest BCUT2D eigenvalue weighted by Gasteiger charge is 2.16. The number of nitriles is 2. The van der Waals surface area contributed by atoms with E-state index in [1.807, 2.05) is 42.5 Å². The van der Waals surface area contributed by atoms with Gasteiger partial charge < -0.3 is 4.57 Å². The average Bonchev–Trinajstić information content (AvgIpc) is 3.48. The zero-order valence-corrected chi connectivity index (χ0v) is 19.9. The van der Waals surface area contributed by atoms with Crippen molar-refractivity contribution in [1.29, 1.82) is 10.5 Å². The first-order chi connectivity index (χ1) is 17.7. The minimum Gasteiger partial charge on any atom is -0.309 e. The molecule has 0 saturated heterocycles. The summed E-state index contributed by atoms with van der Waals surface area (Å²) in [6.45, 7) is 0. The summed E-state index contributed by atoms with van der Waals surface area (Å²) in [4.78, 5) is 0. The highest BCUT2D eigenvalue weighted by Crippen LogP contribution is 2.41. The largest absolute Gasteiger partial charge is 0.309 e. The van der Waals surface area contributed by atoms with E-state index in [0.717, 1.165) is 38.6 Å². The highest BCUT2D eigenvalue weighted by atomic mass is 32.1. The number of rotatable bonds is 2. The first kappa shape index (κ1) is 20.5. The lowest BCUT2D eigenvalue weighted by Gasteiger charge is -2.12. The first-order valence-electron chi connectivity index (χ1n) is 11.6. The average molecular weight is 476 g/mol. The lowest BCUT2D eigenvalue weighted by Crippen LogP contribution is -1.96. The molecular formula is C32H17N3S. The Morgan fingerprint density at radius 3 is 2.19 bits per heavy atom. The van der Waals surface area contributed by atoms with Crippen molar-refractivity contribution in [3.8, 4) is 29.0 Å². The van der Waals surface area contributed by atoms with Crippen molar-refractivity contribution in [2.75, 3.05) is 0 Å². The fraction of sp³-hybridized carbons (Fsp3) is 0. The van der Waals surface area contributed by atoms with Crippen molar-refractivity contribution in [1.82, 2.24) is 4.57 Å². The molecule has 2 aromatic heterocycles. The van der Waals surface area contributed by atoms with E-state index in [-0.39, 0.29) is 0 Å². The Kier molecular flexibility index (Phi) is 4.45. The molecule has 5 aromatic carbocycles. The fourth-order valence-corrected chi connectivity index (χ4v) is 6.49. The van der Waals surface area contributed by atoms with Crippen molar-refractivity contribution >= 4 is 53.3 Å². The second-order valence-electron chi connectivity index (χ2n) is 8.86. The standard InChI is InChI=1S/C32H17N3S/c33-18-20-12-13-30-28(16-20)25-6-1-3-10-29(25)35(30)23-15-21(19-34)14-22(17-23)24-8-5-9-27-26-7-2-4-11-31(26)36-32(24)27/h1-17H. The van der Waals surface area contributed by atoms with Gasteiger partial charge in [0.25, 0.3) is 0 Å². The van der Waals surface area contributed by atoms with Crippen molar-refractivity contribution < 1.29 is 0 Å². The van der Waals surface area contributed by atoms with E-state index in [1.54, 1.807) is 11.3 Å². The summed E-state index contributed by atoms with van der Waals surface area (Å²) in [6, 6.07) is 39.6. The van der Waals surface area contributed by atoms with E-state index in [4.69, 9.17) is 0 Å². The fourth-order valence-electron chi connectivity index (χ4n) is 5.26. The van der Waals surface area contributed by atoms with Crippen LogP contribution in [0.5, 0.6) is 0 Å². The Morgan fingerprint density at radius 2 is 1.33 bits per heavy atom. The lowest BCUT2D eigenvalue weighted by molar-refractivity contribution is 1.18. The van der Waals surface area contributed by atoms with E-state index in [0.29, 0.717) is 11.1 Å². The minimum atomic E-state index is 0.611. The molecule has 0 atom stereocenters. The molecule has 0 spiro atoms. The zero-order chi connectivity index (χ0) is 24.2. The third kappa shape index (κ3) is 2.96. The molecule has 7 rings (SSSR count). The molecule has 0 aliphatic carbocycles. The van der Waals surface area contributed by atoms with E-state index < -0.39 is 0 Å². The molecular weight excluding hydrogens is 458 g/mol. The van der Waals surface area contributed by atoms with E-state index in [1.165, 1.54) is 20.2 Å². The van der Waals surface area contributed by atoms with E-state index >= 15 is 0 Å². The summed E-state index contributed by atoms with van der Waals surface area (Å²) in [5.74, 6) is 0. The maximum atomic E-state index is 9.96. The Hall–Kier alpha value is -4.90. The van der Waals surface area contributed by atoms with Crippen LogP contribution in [0.15, 0.2) is 103 Å². The van der Waals surface area contributed by atoms with Gasteiger partial charge in [-0.3, -0.25) is 0 Å². The maximum absolute atomic E-state index is 9.96. The number of fused-ring (bicyclic) bond motifs is 6. The van der Waals surface area contributed by atoms with Crippen LogP contribution in [-0.2, 0) is 0 Å². The SMILES string of the molecule is N#Cc1cc(-c2cccc3c2sc2ccccc23)cc(-n2c3ccccc3c3cc(C#N)ccc32)c1. The summed E-state index contributed by atoms with van der Waals surface area (Å²) in [6.07, 6.45) is 0. The molecule has 2 heterocycles. The zero-order valence-electron chi connectivity index (χ0n) is 19.1. The van der Waals surface area contributed by atoms with Gasteiger partial charge in [0.05, 0.1) is 34.3 Å². The summed E-state index contributed by atoms with van der Waals surface area (Å²) < 4.78 is 4.68. The van der Waals surface area contributed by atoms with Crippen LogP contribution < -0.4 is 0 Å². The van der Waals surface area contributed by atoms with Gasteiger partial charge in [0.1, 0.15) is 0 Å². The number of nitrogens with zero attached hydrogens (tertiary/aromatic N) is 3. The Labute approximate surface area is 211 Å². The predicted molar refractivity (Wildman–Crippen MR) is 149 cm³/mol. The van der Waals surface area contributed by atoms with Crippen molar-refractivity contribution in [3.63, 3.8) is 0 Å². The van der Waals surface area contributed by atoms with Gasteiger partial charge >= 0.3 is 0 Å². The molecule has 36 heavy (non-hydrogen) atoms. The number of aromatic nitrogens is 1. The lowest BCUT2D eigenvalue weighted by atomic mass is 10.00. The second-order valence-corrected chi connectivity index (χ2v) is 9.91. The number of hydrogen-bond acceptors (Lipinski definition) is 3. The van der Waals surface area contributed by atoms with Crippen LogP contribution in [-0.4, -0.2) is 4.57 Å². The van der Waals surface area contributed by atoms with Crippen LogP contribution in [0, 0.1) is 22.7 Å². The predicted octanol–water partition coefficient (Wildman–Crippen LogP) is 8.56. The van der Waals surface area contributed by atoms with Gasteiger partial charge in [0, 0.05) is 36.6 Å². The summed E-state index contributed by atoms with van der Waals surface area (Å²) >= 11 is 1.79. The summed E-state index contributed by atoms with van der Waals surface area (Å²) in [7, 11) is 0. The minimum absolute atomic E-state index is 0.611. The molecule has 0 unspecified atom stereocenters. The summed E-state index contributed by atoms with van der Waals surface area (Å²) in [5.41, 5.74) is 6.37. The van der Waals surface area contributed by atoms with Crippen molar-refractivity contribution in [2.24, 2.45) is 0 Å². The molecule has 0 aliphatic rings. The molecule has 0 N–H and O–H groups in total. The number of para-hydroxylation sites is 1. The van der Waals surface area contributed by atoms with Gasteiger partial charge in [-0.15, -0.1) is 11.3 Å². The van der Waals surface area contributed by atoms with Gasteiger partial charge in [0.15, 0.2) is 0 Å². The Balaban J connectivity index is 1.54. The normalized spacial score (nSPS) is 11.3. The van der Waals surface area contributed by atoms with Gasteiger partial charge in [-0.25, -0.2) is 0 Å². The molecule has 0 aliphatic heterocycles. The molecule has 166 valence electrons. The van der Waals surface area contributed by atoms with Crippen LogP contribution in [0.3, 0.4) is 0 Å². The maximum Gasteiger partial charge on any atom is 0.0992 e. The van der Waals surface area contributed by atoms with Crippen molar-refractivity contribution in [3.05, 3.63) is 114 Å². The second kappa shape index (κ2) is 7.82. The smallest absolute Gasteiger partial charge is 0.0992 e. The van der Waals surface area contributed by atoms with Crippen molar-refractivity contribution in [2.45, 2.75) is 0 Å². The first-order valence-corrected chi connectivity index (χ1v) is 12.5. The number of hydrogen-bond donors (Lipinski definition) is 0. The van der Waals surface area contributed by atoms with Crippen LogP contribution in [0.25, 0.3) is 58.8 Å². The van der Waals surface area contributed by atoms with Gasteiger partial charge in [-0.1, -0.05) is 54.6 Å². The third-order valence-corrected chi connectivity index (χ3v) is 8.04. The topological polar surface area (TPSA) is 52.5 Å². The van der Waals surface area contributed by atoms with E-state index in [2.05, 4.69) is 77.4 Å². The van der Waals surface area contributed by atoms with Gasteiger partial charge in [0.2, 0.25) is 0 Å². The van der Waals surface area contributed by atoms with Crippen LogP contribution >= 0.6 is 11.3 Å². The Morgan fingerprint density at radius 1 is 0.583 bits per heavy atom. The molecule has 0 bridgehead atoms. The monoisotopic (exact) mass is 475 g/mol. The Bertz CT molecular complexity index is 2080. The van der Waals surface area contributed by atoms with Crippen LogP contribution in [0.2, 0.25) is 0 Å². The number of thiophene rings is 1. The van der Waals surface area contributed by atoms with Gasteiger partial charge in [-0.05, 0) is 59.7 Å². The molecule has 7 aromatic rings. The molecule has 0 amide bonds. The van der Waals surface area contributed by atoms with Crippen LogP contribution in [0.4, 0.5) is 0 Å². The molecule has 4 heteroatoms. The van der Waals surface area contributed by atoms with Crippen LogP contribution in [0.1, 0.15) is 11.1 Å². The number of benzene rings is 5. The van der Waals surface area contributed by atoms with E-state index in [9.17, 15) is 10.5 Å². The van der Waals surface area contributed by atoms with Gasteiger partial charge in [-0.2, -0.15) is 10.5 Å². The molecule has 3 nitrogen and oxygen atoms in total. The summed E-state index contributed by atoms with van der Waals surface area (Å²) in [5, 5.41) is 24.0. The molecule has 0 saturated carbocycles. The quantitative estimate of drug-likeness (QED) is 0.251. The highest BCUT2D eigenvalue weighted by molar-refractivity contribution is 7.26.